The maximum absolute atomic E-state index is 13.2. The van der Waals surface area contributed by atoms with E-state index < -0.39 is 0 Å². The van der Waals surface area contributed by atoms with E-state index in [4.69, 9.17) is 5.11 Å². The van der Waals surface area contributed by atoms with Crippen molar-refractivity contribution in [2.75, 3.05) is 44.2 Å². The van der Waals surface area contributed by atoms with Crippen LogP contribution in [0.5, 0.6) is 0 Å². The lowest BCUT2D eigenvalue weighted by atomic mass is 10.1. The largest absolute Gasteiger partial charge is 0.395 e. The number of hydrogen-bond donors (Lipinski definition) is 2. The third kappa shape index (κ3) is 3.65. The number of β-amino-alcohol motifs (C(OH)–C–C–N with tert-alkyl or cyclic N) is 1. The van der Waals surface area contributed by atoms with Crippen molar-refractivity contribution in [2.24, 2.45) is 0 Å². The average Bonchev–Trinajstić information content (AvgIpc) is 2.65. The summed E-state index contributed by atoms with van der Waals surface area (Å²) in [5.74, 6) is -0.315. The highest BCUT2D eigenvalue weighted by atomic mass is 19.1. The summed E-state index contributed by atoms with van der Waals surface area (Å²) in [6, 6.07) is 4.57. The molecular weight excluding hydrogens is 247 g/mol. The smallest absolute Gasteiger partial charge is 0.123 e. The van der Waals surface area contributed by atoms with E-state index in [0.29, 0.717) is 12.1 Å². The Morgan fingerprint density at radius 3 is 2.68 bits per heavy atom. The quantitative estimate of drug-likeness (QED) is 0.849. The number of anilines is 1. The normalized spacial score (nSPS) is 17.5. The maximum atomic E-state index is 13.2. The van der Waals surface area contributed by atoms with E-state index in [1.165, 1.54) is 12.1 Å². The second kappa shape index (κ2) is 6.84. The molecule has 5 heteroatoms. The molecule has 1 saturated heterocycles. The number of benzene rings is 1. The van der Waals surface area contributed by atoms with Crippen LogP contribution in [0.25, 0.3) is 0 Å². The average molecular weight is 268 g/mol. The highest BCUT2D eigenvalue weighted by Crippen LogP contribution is 2.23. The van der Waals surface area contributed by atoms with E-state index in [0.717, 1.165) is 38.3 Å². The Bertz CT molecular complexity index is 414. The molecule has 106 valence electrons. The van der Waals surface area contributed by atoms with Crippen LogP contribution in [0, 0.1) is 5.82 Å². The SMILES string of the molecule is OCCN1CCCN(c2ccc(F)cc2CO)CC1. The van der Waals surface area contributed by atoms with Crippen molar-refractivity contribution in [2.45, 2.75) is 13.0 Å². The van der Waals surface area contributed by atoms with Gasteiger partial charge in [0.2, 0.25) is 0 Å². The highest BCUT2D eigenvalue weighted by Gasteiger charge is 2.17. The Kier molecular flexibility index (Phi) is 5.13. The summed E-state index contributed by atoms with van der Waals surface area (Å²) in [7, 11) is 0. The zero-order valence-corrected chi connectivity index (χ0v) is 11.1. The number of rotatable bonds is 4. The first-order valence-electron chi connectivity index (χ1n) is 6.72. The number of halogens is 1. The van der Waals surface area contributed by atoms with E-state index in [1.54, 1.807) is 6.07 Å². The molecule has 1 heterocycles. The number of aliphatic hydroxyl groups excluding tert-OH is 2. The minimum Gasteiger partial charge on any atom is -0.395 e. The molecule has 1 fully saturated rings. The van der Waals surface area contributed by atoms with Gasteiger partial charge in [0, 0.05) is 37.4 Å². The second-order valence-corrected chi connectivity index (χ2v) is 4.84. The molecule has 0 unspecified atom stereocenters. The van der Waals surface area contributed by atoms with Gasteiger partial charge in [-0.15, -0.1) is 0 Å². The summed E-state index contributed by atoms with van der Waals surface area (Å²) < 4.78 is 13.2. The molecule has 0 radical (unpaired) electrons. The molecule has 0 aromatic heterocycles. The summed E-state index contributed by atoms with van der Waals surface area (Å²) in [5, 5.41) is 18.3. The molecule has 4 nitrogen and oxygen atoms in total. The minimum absolute atomic E-state index is 0.149. The van der Waals surface area contributed by atoms with Crippen molar-refractivity contribution in [1.82, 2.24) is 4.90 Å². The molecular formula is C14H21FN2O2. The fraction of sp³-hybridized carbons (Fsp3) is 0.571. The number of hydrogen-bond acceptors (Lipinski definition) is 4. The van der Waals surface area contributed by atoms with E-state index in [-0.39, 0.29) is 19.0 Å². The van der Waals surface area contributed by atoms with Crippen LogP contribution >= 0.6 is 0 Å². The molecule has 1 aliphatic rings. The van der Waals surface area contributed by atoms with Crippen LogP contribution in [-0.2, 0) is 6.61 Å². The summed E-state index contributed by atoms with van der Waals surface area (Å²) in [6.45, 7) is 4.29. The van der Waals surface area contributed by atoms with Crippen molar-refractivity contribution >= 4 is 5.69 Å². The fourth-order valence-electron chi connectivity index (χ4n) is 2.57. The molecule has 0 atom stereocenters. The minimum atomic E-state index is -0.315. The molecule has 0 bridgehead atoms. The zero-order valence-electron chi connectivity index (χ0n) is 11.1. The van der Waals surface area contributed by atoms with Gasteiger partial charge < -0.3 is 15.1 Å². The van der Waals surface area contributed by atoms with E-state index in [9.17, 15) is 9.50 Å². The molecule has 0 spiro atoms. The zero-order chi connectivity index (χ0) is 13.7. The summed E-state index contributed by atoms with van der Waals surface area (Å²) >= 11 is 0. The molecule has 2 rings (SSSR count). The molecule has 19 heavy (non-hydrogen) atoms. The molecule has 1 aromatic rings. The highest BCUT2D eigenvalue weighted by molar-refractivity contribution is 5.53. The van der Waals surface area contributed by atoms with E-state index in [1.807, 2.05) is 0 Å². The van der Waals surface area contributed by atoms with Gasteiger partial charge in [0.15, 0.2) is 0 Å². The monoisotopic (exact) mass is 268 g/mol. The van der Waals surface area contributed by atoms with Gasteiger partial charge in [0.1, 0.15) is 5.82 Å². The van der Waals surface area contributed by atoms with Crippen molar-refractivity contribution < 1.29 is 14.6 Å². The molecule has 0 amide bonds. The number of nitrogens with zero attached hydrogens (tertiary/aromatic N) is 2. The van der Waals surface area contributed by atoms with Gasteiger partial charge in [0.05, 0.1) is 13.2 Å². The van der Waals surface area contributed by atoms with Crippen molar-refractivity contribution in [3.8, 4) is 0 Å². The molecule has 1 aliphatic heterocycles. The van der Waals surface area contributed by atoms with Crippen LogP contribution < -0.4 is 4.90 Å². The number of aliphatic hydroxyl groups is 2. The van der Waals surface area contributed by atoms with Gasteiger partial charge >= 0.3 is 0 Å². The standard InChI is InChI=1S/C14H21FN2O2/c15-13-2-3-14(12(10-13)11-19)17-5-1-4-16(6-7-17)8-9-18/h2-3,10,18-19H,1,4-9,11H2. The Morgan fingerprint density at radius 2 is 1.95 bits per heavy atom. The van der Waals surface area contributed by atoms with E-state index in [2.05, 4.69) is 9.80 Å². The first-order chi connectivity index (χ1) is 9.24. The van der Waals surface area contributed by atoms with Gasteiger partial charge in [-0.25, -0.2) is 4.39 Å². The topological polar surface area (TPSA) is 46.9 Å². The van der Waals surface area contributed by atoms with Gasteiger partial charge in [-0.05, 0) is 31.2 Å². The van der Waals surface area contributed by atoms with Crippen molar-refractivity contribution in [3.63, 3.8) is 0 Å². The third-order valence-electron chi connectivity index (χ3n) is 3.56. The molecule has 0 aliphatic carbocycles. The lowest BCUT2D eigenvalue weighted by Gasteiger charge is -2.25. The van der Waals surface area contributed by atoms with Crippen molar-refractivity contribution in [3.05, 3.63) is 29.6 Å². The Morgan fingerprint density at radius 1 is 1.11 bits per heavy atom. The molecule has 1 aromatic carbocycles. The lowest BCUT2D eigenvalue weighted by Crippen LogP contribution is -2.32. The van der Waals surface area contributed by atoms with Crippen LogP contribution in [-0.4, -0.2) is 54.4 Å². The van der Waals surface area contributed by atoms with Crippen LogP contribution in [0.2, 0.25) is 0 Å². The summed E-state index contributed by atoms with van der Waals surface area (Å²) in [6.07, 6.45) is 1.00. The fourth-order valence-corrected chi connectivity index (χ4v) is 2.57. The predicted molar refractivity (Wildman–Crippen MR) is 72.7 cm³/mol. The maximum Gasteiger partial charge on any atom is 0.123 e. The van der Waals surface area contributed by atoms with Gasteiger partial charge in [-0.3, -0.25) is 4.90 Å². The van der Waals surface area contributed by atoms with Crippen molar-refractivity contribution in [1.29, 1.82) is 0 Å². The van der Waals surface area contributed by atoms with Crippen LogP contribution in [0.1, 0.15) is 12.0 Å². The molecule has 2 N–H and O–H groups in total. The van der Waals surface area contributed by atoms with Gasteiger partial charge in [-0.1, -0.05) is 0 Å². The van der Waals surface area contributed by atoms with E-state index >= 15 is 0 Å². The van der Waals surface area contributed by atoms with Crippen LogP contribution in [0.3, 0.4) is 0 Å². The summed E-state index contributed by atoms with van der Waals surface area (Å²) in [4.78, 5) is 4.41. The first-order valence-corrected chi connectivity index (χ1v) is 6.72. The molecule has 0 saturated carbocycles. The van der Waals surface area contributed by atoms with Crippen LogP contribution in [0.15, 0.2) is 18.2 Å². The first kappa shape index (κ1) is 14.2. The third-order valence-corrected chi connectivity index (χ3v) is 3.56. The van der Waals surface area contributed by atoms with Gasteiger partial charge in [-0.2, -0.15) is 0 Å². The Hall–Kier alpha value is -1.17. The lowest BCUT2D eigenvalue weighted by molar-refractivity contribution is 0.204. The summed E-state index contributed by atoms with van der Waals surface area (Å²) in [5.41, 5.74) is 1.55. The van der Waals surface area contributed by atoms with Crippen LogP contribution in [0.4, 0.5) is 10.1 Å². The Balaban J connectivity index is 2.09. The van der Waals surface area contributed by atoms with Gasteiger partial charge in [0.25, 0.3) is 0 Å². The Labute approximate surface area is 113 Å². The predicted octanol–water partition coefficient (Wildman–Crippen LogP) is 0.822. The second-order valence-electron chi connectivity index (χ2n) is 4.84.